The Morgan fingerprint density at radius 2 is 1.82 bits per heavy atom. The van der Waals surface area contributed by atoms with Gasteiger partial charge in [-0.15, -0.1) is 5.10 Å². The van der Waals surface area contributed by atoms with Gasteiger partial charge in [-0.05, 0) is 68.7 Å². The fourth-order valence-electron chi connectivity index (χ4n) is 4.57. The number of benzene rings is 1. The Balaban J connectivity index is 1.67. The van der Waals surface area contributed by atoms with E-state index in [1.54, 1.807) is 6.20 Å². The number of nitrogens with one attached hydrogen (secondary N) is 1. The molecule has 4 aromatic rings. The van der Waals surface area contributed by atoms with Gasteiger partial charge < -0.3 is 0 Å². The van der Waals surface area contributed by atoms with Gasteiger partial charge in [0.25, 0.3) is 0 Å². The summed E-state index contributed by atoms with van der Waals surface area (Å²) in [5.41, 5.74) is 5.70. The molecule has 0 aliphatic carbocycles. The number of unbranched alkanes of at least 4 members (excludes halogenated alkanes) is 2. The van der Waals surface area contributed by atoms with Crippen LogP contribution < -0.4 is 5.69 Å². The number of hydrogen-bond donors (Lipinski definition) is 1. The number of hydrogen-bond acceptors (Lipinski definition) is 5. The van der Waals surface area contributed by atoms with Gasteiger partial charge in [0.05, 0.1) is 12.2 Å². The first-order valence-corrected chi connectivity index (χ1v) is 11.9. The topological polar surface area (TPSA) is 94.3 Å². The summed E-state index contributed by atoms with van der Waals surface area (Å²) >= 11 is 0. The van der Waals surface area contributed by atoms with E-state index >= 15 is 0 Å². The second-order valence-corrected chi connectivity index (χ2v) is 9.71. The zero-order valence-corrected chi connectivity index (χ0v) is 20.7. The van der Waals surface area contributed by atoms with Crippen LogP contribution >= 0.6 is 0 Å². The smallest absolute Gasteiger partial charge is 0.292 e. The van der Waals surface area contributed by atoms with E-state index in [0.717, 1.165) is 59.5 Å². The summed E-state index contributed by atoms with van der Waals surface area (Å²) in [5, 5.41) is 14.2. The molecule has 3 heterocycles. The Labute approximate surface area is 200 Å². The van der Waals surface area contributed by atoms with Crippen molar-refractivity contribution in [3.63, 3.8) is 0 Å². The highest BCUT2D eigenvalue weighted by atomic mass is 16.2. The number of nitrogens with zero attached hydrogens (tertiary/aromatic N) is 6. The fourth-order valence-corrected chi connectivity index (χ4v) is 4.57. The molecule has 0 bridgehead atoms. The van der Waals surface area contributed by atoms with Crippen LogP contribution in [0.2, 0.25) is 0 Å². The van der Waals surface area contributed by atoms with Gasteiger partial charge in [-0.25, -0.2) is 9.89 Å². The van der Waals surface area contributed by atoms with Crippen molar-refractivity contribution >= 4 is 0 Å². The molecule has 1 N–H and O–H groups in total. The highest BCUT2D eigenvalue weighted by Gasteiger charge is 2.24. The molecule has 3 aromatic heterocycles. The predicted octanol–water partition coefficient (Wildman–Crippen LogP) is 4.74. The van der Waals surface area contributed by atoms with E-state index < -0.39 is 0 Å². The predicted molar refractivity (Wildman–Crippen MR) is 134 cm³/mol. The molecule has 0 saturated heterocycles. The lowest BCUT2D eigenvalue weighted by Crippen LogP contribution is -2.35. The van der Waals surface area contributed by atoms with Gasteiger partial charge in [0.15, 0.2) is 5.82 Å². The highest BCUT2D eigenvalue weighted by Crippen LogP contribution is 2.28. The number of aromatic amines is 1. The lowest BCUT2D eigenvalue weighted by Gasteiger charge is -2.21. The molecule has 1 aromatic carbocycles. The first-order valence-electron chi connectivity index (χ1n) is 11.9. The molecule has 0 aliphatic heterocycles. The van der Waals surface area contributed by atoms with Gasteiger partial charge in [0, 0.05) is 34.3 Å². The molecule has 8 heteroatoms. The van der Waals surface area contributed by atoms with E-state index in [-0.39, 0.29) is 11.2 Å². The quantitative estimate of drug-likeness (QED) is 0.384. The third-order valence-electron chi connectivity index (χ3n) is 6.17. The minimum absolute atomic E-state index is 0.0606. The molecule has 8 nitrogen and oxygen atoms in total. The molecule has 34 heavy (non-hydrogen) atoms. The van der Waals surface area contributed by atoms with Gasteiger partial charge in [0.2, 0.25) is 0 Å². The maximum Gasteiger partial charge on any atom is 0.329 e. The summed E-state index contributed by atoms with van der Waals surface area (Å²) in [4.78, 5) is 18.0. The van der Waals surface area contributed by atoms with Crippen molar-refractivity contribution in [2.75, 3.05) is 0 Å². The minimum atomic E-state index is -0.263. The molecular formula is C26H33N7O. The van der Waals surface area contributed by atoms with E-state index in [1.165, 1.54) is 0 Å². The van der Waals surface area contributed by atoms with Gasteiger partial charge in [-0.1, -0.05) is 44.0 Å². The number of H-pyrrole nitrogens is 1. The molecule has 0 radical (unpaired) electrons. The van der Waals surface area contributed by atoms with Gasteiger partial charge >= 0.3 is 5.69 Å². The zero-order chi connectivity index (χ0) is 24.3. The summed E-state index contributed by atoms with van der Waals surface area (Å²) in [6.07, 6.45) is 6.08. The fraction of sp³-hybridized carbons (Fsp3) is 0.423. The molecule has 4 rings (SSSR count). The van der Waals surface area contributed by atoms with E-state index in [1.807, 2.05) is 33.4 Å². The number of imidazole rings is 1. The number of rotatable bonds is 8. The van der Waals surface area contributed by atoms with Crippen molar-refractivity contribution < 1.29 is 0 Å². The van der Waals surface area contributed by atoms with Crippen LogP contribution in [0.1, 0.15) is 63.9 Å². The molecule has 0 aliphatic rings. The van der Waals surface area contributed by atoms with E-state index in [2.05, 4.69) is 72.4 Å². The first-order chi connectivity index (χ1) is 16.3. The van der Waals surface area contributed by atoms with Crippen LogP contribution in [0.25, 0.3) is 22.6 Å². The van der Waals surface area contributed by atoms with Crippen LogP contribution in [0.4, 0.5) is 0 Å². The standard InChI is InChI=1S/C26H33N7O/c1-6-7-8-11-22-18(2)33(26(3,4)5)25(34)32(22)17-19-12-14-20(15-13-19)23-21(10-9-16-27-23)24-28-30-31-29-24/h9-10,12-16H,6-8,11,17H2,1-5H3,(H,28,29,30,31). The molecule has 0 unspecified atom stereocenters. The summed E-state index contributed by atoms with van der Waals surface area (Å²) in [6, 6.07) is 12.0. The maximum absolute atomic E-state index is 13.5. The minimum Gasteiger partial charge on any atom is -0.292 e. The molecule has 0 atom stereocenters. The average Bonchev–Trinajstić information content (AvgIpc) is 3.42. The Morgan fingerprint density at radius 3 is 2.47 bits per heavy atom. The van der Waals surface area contributed by atoms with E-state index in [0.29, 0.717) is 12.4 Å². The number of aromatic nitrogens is 7. The van der Waals surface area contributed by atoms with Crippen molar-refractivity contribution in [3.8, 4) is 22.6 Å². The average molecular weight is 460 g/mol. The van der Waals surface area contributed by atoms with Crippen LogP contribution in [0.15, 0.2) is 47.4 Å². The Bertz CT molecular complexity index is 1290. The highest BCUT2D eigenvalue weighted by molar-refractivity contribution is 5.76. The van der Waals surface area contributed by atoms with Gasteiger partial charge in [-0.2, -0.15) is 0 Å². The third kappa shape index (κ3) is 4.71. The third-order valence-corrected chi connectivity index (χ3v) is 6.17. The summed E-state index contributed by atoms with van der Waals surface area (Å²) in [5.74, 6) is 0.578. The normalized spacial score (nSPS) is 11.8. The van der Waals surface area contributed by atoms with Crippen LogP contribution in [-0.2, 0) is 18.5 Å². The largest absolute Gasteiger partial charge is 0.329 e. The molecule has 0 spiro atoms. The van der Waals surface area contributed by atoms with Crippen molar-refractivity contribution in [2.24, 2.45) is 0 Å². The Hall–Kier alpha value is -3.55. The molecule has 178 valence electrons. The van der Waals surface area contributed by atoms with Crippen molar-refractivity contribution in [3.05, 3.63) is 70.0 Å². The monoisotopic (exact) mass is 459 g/mol. The van der Waals surface area contributed by atoms with Crippen LogP contribution in [0, 0.1) is 6.92 Å². The van der Waals surface area contributed by atoms with Crippen molar-refractivity contribution in [1.29, 1.82) is 0 Å². The van der Waals surface area contributed by atoms with E-state index in [9.17, 15) is 4.79 Å². The summed E-state index contributed by atoms with van der Waals surface area (Å²) < 4.78 is 3.89. The summed E-state index contributed by atoms with van der Waals surface area (Å²) in [6.45, 7) is 11.1. The van der Waals surface area contributed by atoms with Gasteiger partial charge in [-0.3, -0.25) is 14.1 Å². The number of pyridine rings is 1. The Kier molecular flexibility index (Phi) is 6.77. The van der Waals surface area contributed by atoms with Crippen LogP contribution in [0.5, 0.6) is 0 Å². The second-order valence-electron chi connectivity index (χ2n) is 9.71. The summed E-state index contributed by atoms with van der Waals surface area (Å²) in [7, 11) is 0. The van der Waals surface area contributed by atoms with E-state index in [4.69, 9.17) is 0 Å². The van der Waals surface area contributed by atoms with Gasteiger partial charge in [0.1, 0.15) is 0 Å². The molecular weight excluding hydrogens is 426 g/mol. The number of tetrazole rings is 1. The van der Waals surface area contributed by atoms with Crippen LogP contribution in [0.3, 0.4) is 0 Å². The SMILES string of the molecule is CCCCCc1c(C)n(C(C)(C)C)c(=O)n1Cc1ccc(-c2ncccc2-c2nnn[nH]2)cc1. The molecule has 0 amide bonds. The molecule has 0 saturated carbocycles. The van der Waals surface area contributed by atoms with Crippen LogP contribution in [-0.4, -0.2) is 34.7 Å². The zero-order valence-electron chi connectivity index (χ0n) is 20.7. The molecule has 0 fully saturated rings. The lowest BCUT2D eigenvalue weighted by atomic mass is 10.0. The second kappa shape index (κ2) is 9.75. The Morgan fingerprint density at radius 1 is 1.06 bits per heavy atom. The maximum atomic E-state index is 13.5. The lowest BCUT2D eigenvalue weighted by molar-refractivity contribution is 0.373. The first kappa shape index (κ1) is 23.6. The van der Waals surface area contributed by atoms with Crippen molar-refractivity contribution in [2.45, 2.75) is 72.4 Å². The van der Waals surface area contributed by atoms with Crippen molar-refractivity contribution in [1.82, 2.24) is 34.7 Å².